The second kappa shape index (κ2) is 6.62. The molecule has 0 radical (unpaired) electrons. The number of anilines is 3. The third-order valence-electron chi connectivity index (χ3n) is 3.03. The minimum absolute atomic E-state index is 0.172. The molecule has 114 valence electrons. The van der Waals surface area contributed by atoms with E-state index in [4.69, 9.17) is 5.11 Å². The van der Waals surface area contributed by atoms with Crippen LogP contribution in [0, 0.1) is 0 Å². The van der Waals surface area contributed by atoms with Crippen LogP contribution >= 0.6 is 0 Å². The highest BCUT2D eigenvalue weighted by molar-refractivity contribution is 6.00. The number of urea groups is 1. The summed E-state index contributed by atoms with van der Waals surface area (Å²) < 4.78 is 0. The summed E-state index contributed by atoms with van der Waals surface area (Å²) >= 11 is 0. The lowest BCUT2D eigenvalue weighted by molar-refractivity contribution is 0.0697. The van der Waals surface area contributed by atoms with E-state index in [0.717, 1.165) is 5.69 Å². The summed E-state index contributed by atoms with van der Waals surface area (Å²) in [7, 11) is 3.88. The lowest BCUT2D eigenvalue weighted by atomic mass is 10.2. The largest absolute Gasteiger partial charge is 0.478 e. The van der Waals surface area contributed by atoms with Gasteiger partial charge in [-0.25, -0.2) is 9.59 Å². The summed E-state index contributed by atoms with van der Waals surface area (Å²) in [5.74, 6) is -1.00. The van der Waals surface area contributed by atoms with Crippen molar-refractivity contribution in [1.82, 2.24) is 0 Å². The van der Waals surface area contributed by atoms with Crippen LogP contribution in [0.15, 0.2) is 48.5 Å². The number of amides is 2. The van der Waals surface area contributed by atoms with Crippen molar-refractivity contribution in [3.63, 3.8) is 0 Å². The molecule has 2 aromatic rings. The SMILES string of the molecule is CN(C)c1ccc(NC(=O)Nc2ccc(C(=O)O)cc2)cc1. The summed E-state index contributed by atoms with van der Waals surface area (Å²) in [4.78, 5) is 24.6. The molecule has 2 rings (SSSR count). The van der Waals surface area contributed by atoms with Gasteiger partial charge in [0.25, 0.3) is 0 Å². The molecule has 0 atom stereocenters. The first kappa shape index (κ1) is 15.4. The Balaban J connectivity index is 1.96. The van der Waals surface area contributed by atoms with Crippen LogP contribution in [0.25, 0.3) is 0 Å². The van der Waals surface area contributed by atoms with Gasteiger partial charge in [0.1, 0.15) is 0 Å². The molecular formula is C16H17N3O3. The van der Waals surface area contributed by atoms with E-state index < -0.39 is 5.97 Å². The fraction of sp³-hybridized carbons (Fsp3) is 0.125. The van der Waals surface area contributed by atoms with E-state index >= 15 is 0 Å². The maximum absolute atomic E-state index is 11.9. The predicted molar refractivity (Wildman–Crippen MR) is 86.8 cm³/mol. The quantitative estimate of drug-likeness (QED) is 0.810. The minimum Gasteiger partial charge on any atom is -0.478 e. The number of carbonyl (C=O) groups excluding carboxylic acids is 1. The third kappa shape index (κ3) is 3.99. The Labute approximate surface area is 128 Å². The zero-order valence-electron chi connectivity index (χ0n) is 12.3. The van der Waals surface area contributed by atoms with E-state index in [1.807, 2.05) is 43.3 Å². The molecule has 3 N–H and O–H groups in total. The van der Waals surface area contributed by atoms with Crippen molar-refractivity contribution in [1.29, 1.82) is 0 Å². The lowest BCUT2D eigenvalue weighted by Gasteiger charge is -2.13. The van der Waals surface area contributed by atoms with E-state index in [0.29, 0.717) is 11.4 Å². The number of carboxylic acids is 1. The summed E-state index contributed by atoms with van der Waals surface area (Å²) in [5.41, 5.74) is 2.40. The molecular weight excluding hydrogens is 282 g/mol. The molecule has 2 aromatic carbocycles. The lowest BCUT2D eigenvalue weighted by Crippen LogP contribution is -2.19. The molecule has 6 heteroatoms. The average Bonchev–Trinajstić information content (AvgIpc) is 2.48. The Bertz CT molecular complexity index is 664. The number of aromatic carboxylic acids is 1. The van der Waals surface area contributed by atoms with Crippen LogP contribution in [0.2, 0.25) is 0 Å². The predicted octanol–water partition coefficient (Wildman–Crippen LogP) is 3.09. The maximum atomic E-state index is 11.9. The van der Waals surface area contributed by atoms with Crippen molar-refractivity contribution in [2.45, 2.75) is 0 Å². The first-order valence-electron chi connectivity index (χ1n) is 6.64. The van der Waals surface area contributed by atoms with E-state index in [2.05, 4.69) is 10.6 Å². The third-order valence-corrected chi connectivity index (χ3v) is 3.03. The van der Waals surface area contributed by atoms with Crippen LogP contribution in [0.1, 0.15) is 10.4 Å². The Kier molecular flexibility index (Phi) is 4.63. The van der Waals surface area contributed by atoms with Crippen LogP contribution in [-0.4, -0.2) is 31.2 Å². The van der Waals surface area contributed by atoms with Crippen LogP contribution in [-0.2, 0) is 0 Å². The van der Waals surface area contributed by atoms with E-state index in [9.17, 15) is 9.59 Å². The van der Waals surface area contributed by atoms with Gasteiger partial charge in [0.15, 0.2) is 0 Å². The van der Waals surface area contributed by atoms with E-state index in [1.165, 1.54) is 24.3 Å². The Morgan fingerprint density at radius 2 is 1.32 bits per heavy atom. The van der Waals surface area contributed by atoms with Gasteiger partial charge in [-0.2, -0.15) is 0 Å². The zero-order valence-corrected chi connectivity index (χ0v) is 12.3. The van der Waals surface area contributed by atoms with Gasteiger partial charge < -0.3 is 20.6 Å². The number of carbonyl (C=O) groups is 2. The standard InChI is InChI=1S/C16H17N3O3/c1-19(2)14-9-7-13(8-10-14)18-16(22)17-12-5-3-11(4-6-12)15(20)21/h3-10H,1-2H3,(H,20,21)(H2,17,18,22). The normalized spacial score (nSPS) is 9.91. The minimum atomic E-state index is -1.00. The summed E-state index contributed by atoms with van der Waals surface area (Å²) in [5, 5.41) is 14.2. The summed E-state index contributed by atoms with van der Waals surface area (Å²) in [6.07, 6.45) is 0. The molecule has 2 amide bonds. The van der Waals surface area contributed by atoms with Gasteiger partial charge >= 0.3 is 12.0 Å². The first-order chi connectivity index (χ1) is 10.5. The molecule has 0 unspecified atom stereocenters. The average molecular weight is 299 g/mol. The van der Waals surface area contributed by atoms with Crippen molar-refractivity contribution >= 4 is 29.1 Å². The monoisotopic (exact) mass is 299 g/mol. The van der Waals surface area contributed by atoms with Gasteiger partial charge in [0, 0.05) is 31.2 Å². The van der Waals surface area contributed by atoms with Crippen LogP contribution in [0.4, 0.5) is 21.9 Å². The second-order valence-corrected chi connectivity index (χ2v) is 4.90. The summed E-state index contributed by atoms with van der Waals surface area (Å²) in [6, 6.07) is 13.0. The van der Waals surface area contributed by atoms with Crippen molar-refractivity contribution in [3.05, 3.63) is 54.1 Å². The molecule has 0 aliphatic rings. The Hall–Kier alpha value is -3.02. The van der Waals surface area contributed by atoms with Gasteiger partial charge in [-0.05, 0) is 48.5 Å². The number of benzene rings is 2. The molecule has 6 nitrogen and oxygen atoms in total. The topological polar surface area (TPSA) is 81.7 Å². The highest BCUT2D eigenvalue weighted by atomic mass is 16.4. The fourth-order valence-corrected chi connectivity index (χ4v) is 1.83. The van der Waals surface area contributed by atoms with E-state index in [1.54, 1.807) is 0 Å². The summed E-state index contributed by atoms with van der Waals surface area (Å²) in [6.45, 7) is 0. The molecule has 0 bridgehead atoms. The van der Waals surface area contributed by atoms with E-state index in [-0.39, 0.29) is 11.6 Å². The second-order valence-electron chi connectivity index (χ2n) is 4.90. The van der Waals surface area contributed by atoms with Gasteiger partial charge in [-0.3, -0.25) is 0 Å². The number of nitrogens with one attached hydrogen (secondary N) is 2. The zero-order chi connectivity index (χ0) is 16.1. The van der Waals surface area contributed by atoms with Crippen LogP contribution in [0.3, 0.4) is 0 Å². The van der Waals surface area contributed by atoms with Crippen molar-refractivity contribution in [2.75, 3.05) is 29.6 Å². The molecule has 0 spiro atoms. The molecule has 0 heterocycles. The van der Waals surface area contributed by atoms with Gasteiger partial charge in [0.05, 0.1) is 5.56 Å². The van der Waals surface area contributed by atoms with Crippen molar-refractivity contribution in [2.24, 2.45) is 0 Å². The van der Waals surface area contributed by atoms with Gasteiger partial charge in [0.2, 0.25) is 0 Å². The Morgan fingerprint density at radius 3 is 1.73 bits per heavy atom. The highest BCUT2D eigenvalue weighted by Crippen LogP contribution is 2.16. The molecule has 22 heavy (non-hydrogen) atoms. The number of rotatable bonds is 4. The molecule has 0 aromatic heterocycles. The first-order valence-corrected chi connectivity index (χ1v) is 6.64. The van der Waals surface area contributed by atoms with Crippen molar-refractivity contribution in [3.8, 4) is 0 Å². The maximum Gasteiger partial charge on any atom is 0.335 e. The molecule has 0 aliphatic carbocycles. The number of hydrogen-bond acceptors (Lipinski definition) is 3. The highest BCUT2D eigenvalue weighted by Gasteiger charge is 2.05. The Morgan fingerprint density at radius 1 is 0.864 bits per heavy atom. The molecule has 0 saturated heterocycles. The number of hydrogen-bond donors (Lipinski definition) is 3. The smallest absolute Gasteiger partial charge is 0.335 e. The molecule has 0 fully saturated rings. The molecule has 0 saturated carbocycles. The van der Waals surface area contributed by atoms with Gasteiger partial charge in [-0.15, -0.1) is 0 Å². The molecule has 0 aliphatic heterocycles. The number of carboxylic acid groups (broad SMARTS) is 1. The van der Waals surface area contributed by atoms with Crippen LogP contribution < -0.4 is 15.5 Å². The van der Waals surface area contributed by atoms with Crippen LogP contribution in [0.5, 0.6) is 0 Å². The number of nitrogens with zero attached hydrogens (tertiary/aromatic N) is 1. The fourth-order valence-electron chi connectivity index (χ4n) is 1.83. The van der Waals surface area contributed by atoms with Crippen molar-refractivity contribution < 1.29 is 14.7 Å². The van der Waals surface area contributed by atoms with Gasteiger partial charge in [-0.1, -0.05) is 0 Å².